The highest BCUT2D eigenvalue weighted by molar-refractivity contribution is 7.92. The Morgan fingerprint density at radius 2 is 1.84 bits per heavy atom. The third-order valence-electron chi connectivity index (χ3n) is 5.83. The Morgan fingerprint density at radius 1 is 1.13 bits per heavy atom. The molecule has 1 aromatic heterocycles. The maximum absolute atomic E-state index is 13.6. The highest BCUT2D eigenvalue weighted by atomic mass is 32.2. The van der Waals surface area contributed by atoms with Crippen LogP contribution >= 0.6 is 0 Å². The summed E-state index contributed by atoms with van der Waals surface area (Å²) >= 11 is 0. The van der Waals surface area contributed by atoms with Crippen LogP contribution in [0.5, 0.6) is 0 Å². The summed E-state index contributed by atoms with van der Waals surface area (Å²) in [6, 6.07) is 13.0. The van der Waals surface area contributed by atoms with Gasteiger partial charge in [0.2, 0.25) is 0 Å². The third-order valence-corrected chi connectivity index (χ3v) is 7.62. The molecule has 7 heteroatoms. The van der Waals surface area contributed by atoms with Gasteiger partial charge in [-0.25, -0.2) is 8.42 Å². The number of sulfonamides is 1. The fourth-order valence-corrected chi connectivity index (χ4v) is 5.72. The molecule has 0 saturated carbocycles. The number of hydrogen-bond donors (Lipinski definition) is 0. The van der Waals surface area contributed by atoms with Gasteiger partial charge in [-0.3, -0.25) is 8.99 Å². The van der Waals surface area contributed by atoms with E-state index in [0.29, 0.717) is 23.0 Å². The number of rotatable bonds is 7. The molecule has 0 N–H and O–H groups in total. The number of fused-ring (bicyclic) bond motifs is 1. The van der Waals surface area contributed by atoms with Crippen LogP contribution in [0.3, 0.4) is 0 Å². The highest BCUT2D eigenvalue weighted by Crippen LogP contribution is 2.28. The molecule has 31 heavy (non-hydrogen) atoms. The van der Waals surface area contributed by atoms with Gasteiger partial charge in [-0.05, 0) is 61.9 Å². The van der Waals surface area contributed by atoms with Crippen LogP contribution in [-0.2, 0) is 21.3 Å². The van der Waals surface area contributed by atoms with Crippen molar-refractivity contribution >= 4 is 26.6 Å². The molecule has 1 aliphatic heterocycles. The van der Waals surface area contributed by atoms with E-state index in [1.165, 1.54) is 4.31 Å². The zero-order chi connectivity index (χ0) is 22.0. The minimum absolute atomic E-state index is 0.196. The molecule has 0 atom stereocenters. The summed E-state index contributed by atoms with van der Waals surface area (Å²) in [5.41, 5.74) is 2.76. The summed E-state index contributed by atoms with van der Waals surface area (Å²) in [6.45, 7) is 8.92. The summed E-state index contributed by atoms with van der Waals surface area (Å²) < 4.78 is 36.2. The molecule has 0 aliphatic carbocycles. The molecule has 0 bridgehead atoms. The predicted octanol–water partition coefficient (Wildman–Crippen LogP) is 4.62. The van der Waals surface area contributed by atoms with Crippen LogP contribution in [0.2, 0.25) is 0 Å². The molecule has 2 heterocycles. The molecular formula is C24H31N3O3S. The van der Waals surface area contributed by atoms with Gasteiger partial charge in [0.05, 0.1) is 22.3 Å². The van der Waals surface area contributed by atoms with Gasteiger partial charge in [0.25, 0.3) is 10.0 Å². The van der Waals surface area contributed by atoms with E-state index in [1.54, 1.807) is 18.3 Å². The molecular weight excluding hydrogens is 410 g/mol. The quantitative estimate of drug-likeness (QED) is 0.537. The SMILES string of the molecule is Cc1ccc(N(CC(C)C)S(=O)(=O)c2ccc3c(cnn3CC3CCOCC3)c2)cc1. The van der Waals surface area contributed by atoms with Crippen molar-refractivity contribution in [3.63, 3.8) is 0 Å². The maximum Gasteiger partial charge on any atom is 0.264 e. The van der Waals surface area contributed by atoms with Gasteiger partial charge in [0, 0.05) is 31.7 Å². The molecule has 166 valence electrons. The lowest BCUT2D eigenvalue weighted by Crippen LogP contribution is -2.34. The molecule has 1 aliphatic rings. The Kier molecular flexibility index (Phi) is 6.34. The second-order valence-electron chi connectivity index (χ2n) is 8.87. The van der Waals surface area contributed by atoms with Gasteiger partial charge >= 0.3 is 0 Å². The minimum atomic E-state index is -3.69. The van der Waals surface area contributed by atoms with E-state index in [2.05, 4.69) is 5.10 Å². The van der Waals surface area contributed by atoms with Crippen LogP contribution in [0, 0.1) is 18.8 Å². The van der Waals surface area contributed by atoms with Crippen molar-refractivity contribution in [2.45, 2.75) is 45.1 Å². The Hall–Kier alpha value is -2.38. The fraction of sp³-hybridized carbons (Fsp3) is 0.458. The van der Waals surface area contributed by atoms with E-state index in [0.717, 1.165) is 49.1 Å². The van der Waals surface area contributed by atoms with E-state index in [-0.39, 0.29) is 5.92 Å². The number of nitrogens with zero attached hydrogens (tertiary/aromatic N) is 3. The number of aromatic nitrogens is 2. The van der Waals surface area contributed by atoms with Gasteiger partial charge in [0.15, 0.2) is 0 Å². The van der Waals surface area contributed by atoms with E-state index >= 15 is 0 Å². The number of hydrogen-bond acceptors (Lipinski definition) is 4. The number of aryl methyl sites for hydroxylation is 1. The Morgan fingerprint density at radius 3 is 2.52 bits per heavy atom. The average Bonchev–Trinajstić information content (AvgIpc) is 3.15. The normalized spacial score (nSPS) is 15.6. The lowest BCUT2D eigenvalue weighted by Gasteiger charge is -2.26. The molecule has 0 radical (unpaired) electrons. The van der Waals surface area contributed by atoms with E-state index in [4.69, 9.17) is 4.74 Å². The standard InChI is InChI=1S/C24H31N3O3S/c1-18(2)16-27(22-6-4-19(3)5-7-22)31(28,29)23-8-9-24-21(14-23)15-25-26(24)17-20-10-12-30-13-11-20/h4-9,14-15,18,20H,10-13,16-17H2,1-3H3. The first-order valence-electron chi connectivity index (χ1n) is 11.0. The maximum atomic E-state index is 13.6. The monoisotopic (exact) mass is 441 g/mol. The largest absolute Gasteiger partial charge is 0.381 e. The van der Waals surface area contributed by atoms with Crippen molar-refractivity contribution in [3.8, 4) is 0 Å². The van der Waals surface area contributed by atoms with Crippen LogP contribution < -0.4 is 4.31 Å². The van der Waals surface area contributed by atoms with E-state index in [1.807, 2.05) is 55.8 Å². The van der Waals surface area contributed by atoms with Crippen LogP contribution in [0.25, 0.3) is 10.9 Å². The van der Waals surface area contributed by atoms with Gasteiger partial charge < -0.3 is 4.74 Å². The summed E-state index contributed by atoms with van der Waals surface area (Å²) in [6.07, 6.45) is 3.84. The van der Waals surface area contributed by atoms with Crippen molar-refractivity contribution in [2.75, 3.05) is 24.1 Å². The topological polar surface area (TPSA) is 64.4 Å². The summed E-state index contributed by atoms with van der Waals surface area (Å²) in [5, 5.41) is 5.39. The average molecular weight is 442 g/mol. The molecule has 3 aromatic rings. The second-order valence-corrected chi connectivity index (χ2v) is 10.7. The summed E-state index contributed by atoms with van der Waals surface area (Å²) in [5.74, 6) is 0.741. The molecule has 2 aromatic carbocycles. The smallest absolute Gasteiger partial charge is 0.264 e. The fourth-order valence-electron chi connectivity index (χ4n) is 4.06. The zero-order valence-corrected chi connectivity index (χ0v) is 19.3. The molecule has 6 nitrogen and oxygen atoms in total. The Labute approximate surface area is 184 Å². The summed E-state index contributed by atoms with van der Waals surface area (Å²) in [7, 11) is -3.69. The summed E-state index contributed by atoms with van der Waals surface area (Å²) in [4.78, 5) is 0.298. The first-order chi connectivity index (χ1) is 14.8. The first-order valence-corrected chi connectivity index (χ1v) is 12.4. The van der Waals surface area contributed by atoms with Crippen LogP contribution in [0.1, 0.15) is 32.3 Å². The van der Waals surface area contributed by atoms with Crippen molar-refractivity contribution in [3.05, 3.63) is 54.2 Å². The molecule has 0 spiro atoms. The van der Waals surface area contributed by atoms with Crippen molar-refractivity contribution < 1.29 is 13.2 Å². The minimum Gasteiger partial charge on any atom is -0.381 e. The van der Waals surface area contributed by atoms with E-state index in [9.17, 15) is 8.42 Å². The predicted molar refractivity (Wildman–Crippen MR) is 124 cm³/mol. The second kappa shape index (κ2) is 9.01. The van der Waals surface area contributed by atoms with Gasteiger partial charge in [-0.2, -0.15) is 5.10 Å². The molecule has 1 fully saturated rings. The lowest BCUT2D eigenvalue weighted by molar-refractivity contribution is 0.0605. The van der Waals surface area contributed by atoms with Gasteiger partial charge in [-0.15, -0.1) is 0 Å². The Bertz CT molecular complexity index is 1130. The number of ether oxygens (including phenoxy) is 1. The molecule has 4 rings (SSSR count). The van der Waals surface area contributed by atoms with Crippen LogP contribution in [0.15, 0.2) is 53.6 Å². The number of anilines is 1. The Balaban J connectivity index is 1.65. The zero-order valence-electron chi connectivity index (χ0n) is 18.5. The first kappa shape index (κ1) is 21.8. The molecule has 1 saturated heterocycles. The third kappa shape index (κ3) is 4.77. The van der Waals surface area contributed by atoms with Crippen LogP contribution in [0.4, 0.5) is 5.69 Å². The highest BCUT2D eigenvalue weighted by Gasteiger charge is 2.26. The number of benzene rings is 2. The van der Waals surface area contributed by atoms with Gasteiger partial charge in [-0.1, -0.05) is 31.5 Å². The molecule has 0 unspecified atom stereocenters. The molecule has 0 amide bonds. The van der Waals surface area contributed by atoms with Crippen molar-refractivity contribution in [1.29, 1.82) is 0 Å². The van der Waals surface area contributed by atoms with Gasteiger partial charge in [0.1, 0.15) is 0 Å². The van der Waals surface area contributed by atoms with Crippen molar-refractivity contribution in [1.82, 2.24) is 9.78 Å². The van der Waals surface area contributed by atoms with E-state index < -0.39 is 10.0 Å². The van der Waals surface area contributed by atoms with Crippen LogP contribution in [-0.4, -0.2) is 38.0 Å². The lowest BCUT2D eigenvalue weighted by atomic mass is 10.0. The van der Waals surface area contributed by atoms with Crippen molar-refractivity contribution in [2.24, 2.45) is 11.8 Å².